The van der Waals surface area contributed by atoms with Crippen LogP contribution < -0.4 is 4.74 Å². The third kappa shape index (κ3) is 5.93. The van der Waals surface area contributed by atoms with Crippen LogP contribution >= 0.6 is 0 Å². The maximum atomic E-state index is 13.6. The number of amides is 1. The molecule has 0 radical (unpaired) electrons. The molecule has 0 saturated carbocycles. The van der Waals surface area contributed by atoms with Crippen LogP contribution in [0.3, 0.4) is 0 Å². The Morgan fingerprint density at radius 2 is 1.69 bits per heavy atom. The van der Waals surface area contributed by atoms with Gasteiger partial charge in [0.05, 0.1) is 21.5 Å². The number of carbonyl (C=O) groups excluding carboxylic acids is 2. The standard InChI is InChI=1S/C34H35N3O7S/c1-22-9-11-24(12-10-22)45(41,42)37-20-23(25-7-5-6-8-28(25)37)19-30-31(39)26-13-14-29(38)27(32(26)43-30)21-35-15-17-36(18-16-35)33(40)44-34(2,3)4/h5-14,19-20,38H,15-18,21H2,1-4H3. The summed E-state index contributed by atoms with van der Waals surface area (Å²) in [5, 5.41) is 11.4. The Morgan fingerprint density at radius 1 is 1.00 bits per heavy atom. The first-order chi connectivity index (χ1) is 21.3. The first kappa shape index (κ1) is 30.4. The average molecular weight is 630 g/mol. The number of fused-ring (bicyclic) bond motifs is 2. The minimum absolute atomic E-state index is 0.00170. The summed E-state index contributed by atoms with van der Waals surface area (Å²) >= 11 is 0. The third-order valence-electron chi connectivity index (χ3n) is 7.90. The molecule has 0 atom stereocenters. The minimum Gasteiger partial charge on any atom is -0.507 e. The van der Waals surface area contributed by atoms with E-state index in [0.29, 0.717) is 60.3 Å². The number of aryl methyl sites for hydroxylation is 1. The lowest BCUT2D eigenvalue weighted by Gasteiger charge is -2.35. The number of nitrogens with zero attached hydrogens (tertiary/aromatic N) is 3. The van der Waals surface area contributed by atoms with Crippen LogP contribution in [0.25, 0.3) is 17.0 Å². The number of phenolic OH excluding ortho intramolecular Hbond substituents is 1. The molecule has 1 aromatic heterocycles. The Kier molecular flexibility index (Phi) is 7.70. The molecule has 1 saturated heterocycles. The van der Waals surface area contributed by atoms with Crippen LogP contribution in [-0.4, -0.2) is 71.0 Å². The molecule has 1 N–H and O–H groups in total. The second-order valence-corrected chi connectivity index (χ2v) is 14.2. The highest BCUT2D eigenvalue weighted by Gasteiger charge is 2.33. The van der Waals surface area contributed by atoms with Gasteiger partial charge in [0.15, 0.2) is 5.76 Å². The fraction of sp³-hybridized carbons (Fsp3) is 0.294. The first-order valence-corrected chi connectivity index (χ1v) is 16.2. The van der Waals surface area contributed by atoms with Gasteiger partial charge in [-0.05, 0) is 64.1 Å². The monoisotopic (exact) mass is 629 g/mol. The molecule has 2 aliphatic rings. The Bertz CT molecular complexity index is 1950. The molecule has 1 fully saturated rings. The van der Waals surface area contributed by atoms with E-state index in [9.17, 15) is 23.1 Å². The number of hydrogen-bond donors (Lipinski definition) is 1. The SMILES string of the molecule is Cc1ccc(S(=O)(=O)n2cc(C=C3Oc4c(ccc(O)c4CN4CCN(C(=O)OC(C)(C)C)CC4)C3=O)c3ccccc32)cc1. The van der Waals surface area contributed by atoms with Crippen molar-refractivity contribution >= 4 is 38.9 Å². The molecule has 2 aliphatic heterocycles. The summed E-state index contributed by atoms with van der Waals surface area (Å²) in [7, 11) is -3.92. The summed E-state index contributed by atoms with van der Waals surface area (Å²) in [6, 6.07) is 16.7. The largest absolute Gasteiger partial charge is 0.507 e. The number of carbonyl (C=O) groups is 2. The van der Waals surface area contributed by atoms with E-state index in [1.807, 2.05) is 27.7 Å². The molecule has 234 valence electrons. The van der Waals surface area contributed by atoms with Crippen LogP contribution in [0.1, 0.15) is 47.8 Å². The Labute approximate surface area is 262 Å². The number of aromatic nitrogens is 1. The van der Waals surface area contributed by atoms with Crippen molar-refractivity contribution in [3.8, 4) is 11.5 Å². The quantitative estimate of drug-likeness (QED) is 0.285. The summed E-state index contributed by atoms with van der Waals surface area (Å²) in [4.78, 5) is 29.9. The lowest BCUT2D eigenvalue weighted by atomic mass is 10.0. The molecule has 3 aromatic carbocycles. The predicted octanol–water partition coefficient (Wildman–Crippen LogP) is 5.56. The number of ether oxygens (including phenoxy) is 2. The fourth-order valence-electron chi connectivity index (χ4n) is 5.54. The van der Waals surface area contributed by atoms with Crippen molar-refractivity contribution in [1.82, 2.24) is 13.8 Å². The number of allylic oxidation sites excluding steroid dienone is 1. The lowest BCUT2D eigenvalue weighted by molar-refractivity contribution is 0.0137. The van der Waals surface area contributed by atoms with Gasteiger partial charge in [0, 0.05) is 49.9 Å². The molecule has 11 heteroatoms. The number of ketones is 1. The Balaban J connectivity index is 1.27. The summed E-state index contributed by atoms with van der Waals surface area (Å²) in [6.07, 6.45) is 2.68. The highest BCUT2D eigenvalue weighted by atomic mass is 32.2. The van der Waals surface area contributed by atoms with Crippen molar-refractivity contribution in [2.45, 2.75) is 44.7 Å². The molecule has 1 amide bonds. The van der Waals surface area contributed by atoms with Crippen LogP contribution in [0.5, 0.6) is 11.5 Å². The number of Topliss-reactive ketones (excluding diaryl/α,β-unsaturated/α-hetero) is 1. The van der Waals surface area contributed by atoms with Crippen LogP contribution in [0.2, 0.25) is 0 Å². The number of benzene rings is 3. The molecule has 3 heterocycles. The summed E-state index contributed by atoms with van der Waals surface area (Å²) in [5.41, 5.74) is 2.13. The number of rotatable bonds is 5. The molecule has 0 bridgehead atoms. The zero-order valence-corrected chi connectivity index (χ0v) is 26.4. The number of phenols is 1. The highest BCUT2D eigenvalue weighted by molar-refractivity contribution is 7.90. The summed E-state index contributed by atoms with van der Waals surface area (Å²) < 4.78 is 40.1. The van der Waals surface area contributed by atoms with Gasteiger partial charge in [0.2, 0.25) is 5.78 Å². The molecule has 0 spiro atoms. The predicted molar refractivity (Wildman–Crippen MR) is 170 cm³/mol. The molecule has 45 heavy (non-hydrogen) atoms. The van der Waals surface area contributed by atoms with E-state index in [1.165, 1.54) is 22.3 Å². The summed E-state index contributed by atoms with van der Waals surface area (Å²) in [5.74, 6) is -0.0588. The van der Waals surface area contributed by atoms with Gasteiger partial charge in [-0.2, -0.15) is 0 Å². The highest BCUT2D eigenvalue weighted by Crippen LogP contribution is 2.41. The van der Waals surface area contributed by atoms with Crippen molar-refractivity contribution in [1.29, 1.82) is 0 Å². The molecular formula is C34H35N3O7S. The van der Waals surface area contributed by atoms with E-state index in [4.69, 9.17) is 9.47 Å². The van der Waals surface area contributed by atoms with Crippen LogP contribution in [0.4, 0.5) is 4.79 Å². The zero-order chi connectivity index (χ0) is 32.1. The number of piperazine rings is 1. The molecule has 10 nitrogen and oxygen atoms in total. The van der Waals surface area contributed by atoms with Crippen molar-refractivity contribution in [2.24, 2.45) is 0 Å². The van der Waals surface area contributed by atoms with Crippen LogP contribution in [-0.2, 0) is 21.3 Å². The first-order valence-electron chi connectivity index (χ1n) is 14.7. The van der Waals surface area contributed by atoms with E-state index in [0.717, 1.165) is 5.56 Å². The Morgan fingerprint density at radius 3 is 2.38 bits per heavy atom. The van der Waals surface area contributed by atoms with Gasteiger partial charge in [-0.15, -0.1) is 0 Å². The zero-order valence-electron chi connectivity index (χ0n) is 25.6. The number of para-hydroxylation sites is 1. The summed E-state index contributed by atoms with van der Waals surface area (Å²) in [6.45, 7) is 9.71. The molecule has 0 unspecified atom stereocenters. The van der Waals surface area contributed by atoms with Crippen LogP contribution in [0.15, 0.2) is 77.5 Å². The second-order valence-electron chi connectivity index (χ2n) is 12.3. The van der Waals surface area contributed by atoms with Gasteiger partial charge in [-0.1, -0.05) is 35.9 Å². The lowest BCUT2D eigenvalue weighted by Crippen LogP contribution is -2.49. The number of hydrogen-bond acceptors (Lipinski definition) is 8. The molecule has 0 aliphatic carbocycles. The fourth-order valence-corrected chi connectivity index (χ4v) is 6.92. The van der Waals surface area contributed by atoms with Gasteiger partial charge in [-0.3, -0.25) is 9.69 Å². The minimum atomic E-state index is -3.92. The van der Waals surface area contributed by atoms with Gasteiger partial charge in [0.1, 0.15) is 17.1 Å². The van der Waals surface area contributed by atoms with Crippen molar-refractivity contribution in [3.05, 3.63) is 94.9 Å². The van der Waals surface area contributed by atoms with Crippen molar-refractivity contribution in [3.63, 3.8) is 0 Å². The van der Waals surface area contributed by atoms with Crippen LogP contribution in [0, 0.1) is 6.92 Å². The average Bonchev–Trinajstić information content (AvgIpc) is 3.52. The molecule has 4 aromatic rings. The number of aromatic hydroxyl groups is 1. The molecular weight excluding hydrogens is 594 g/mol. The maximum Gasteiger partial charge on any atom is 0.410 e. The normalized spacial score (nSPS) is 16.7. The van der Waals surface area contributed by atoms with Crippen molar-refractivity contribution in [2.75, 3.05) is 26.2 Å². The van der Waals surface area contributed by atoms with Gasteiger partial charge < -0.3 is 19.5 Å². The van der Waals surface area contributed by atoms with E-state index in [1.54, 1.807) is 59.5 Å². The van der Waals surface area contributed by atoms with E-state index in [-0.39, 0.29) is 34.0 Å². The second kappa shape index (κ2) is 11.4. The topological polar surface area (TPSA) is 118 Å². The van der Waals surface area contributed by atoms with Gasteiger partial charge in [0.25, 0.3) is 10.0 Å². The van der Waals surface area contributed by atoms with E-state index in [2.05, 4.69) is 4.90 Å². The van der Waals surface area contributed by atoms with E-state index >= 15 is 0 Å². The van der Waals surface area contributed by atoms with E-state index < -0.39 is 15.6 Å². The van der Waals surface area contributed by atoms with Gasteiger partial charge in [-0.25, -0.2) is 17.2 Å². The maximum absolute atomic E-state index is 13.6. The van der Waals surface area contributed by atoms with Crippen molar-refractivity contribution < 1.29 is 32.6 Å². The smallest absolute Gasteiger partial charge is 0.410 e. The van der Waals surface area contributed by atoms with Gasteiger partial charge >= 0.3 is 6.09 Å². The molecule has 6 rings (SSSR count). The Hall–Kier alpha value is -4.61. The third-order valence-corrected chi connectivity index (χ3v) is 9.58.